The standard InChI is InChI=1S/C17H21N3O4S/c1-2-24-14-5-7-15(8-6-14)25(22,23)18-11-12-20-17(21)10-9-16(19-20)13-3-4-13/h5-10,13,18H,2-4,11-12H2,1H3. The van der Waals surface area contributed by atoms with Gasteiger partial charge in [0.25, 0.3) is 5.56 Å². The monoisotopic (exact) mass is 363 g/mol. The molecule has 1 aromatic carbocycles. The minimum absolute atomic E-state index is 0.0938. The van der Waals surface area contributed by atoms with E-state index in [0.29, 0.717) is 18.3 Å². The van der Waals surface area contributed by atoms with E-state index in [4.69, 9.17) is 4.74 Å². The molecule has 0 saturated heterocycles. The predicted molar refractivity (Wildman–Crippen MR) is 93.3 cm³/mol. The van der Waals surface area contributed by atoms with Crippen molar-refractivity contribution in [1.29, 1.82) is 0 Å². The lowest BCUT2D eigenvalue weighted by Crippen LogP contribution is -2.32. The van der Waals surface area contributed by atoms with Crippen LogP contribution in [0.4, 0.5) is 0 Å². The fraction of sp³-hybridized carbons (Fsp3) is 0.412. The van der Waals surface area contributed by atoms with Gasteiger partial charge in [0.15, 0.2) is 0 Å². The second-order valence-corrected chi connectivity index (χ2v) is 7.66. The van der Waals surface area contributed by atoms with Crippen molar-refractivity contribution in [2.75, 3.05) is 13.2 Å². The lowest BCUT2D eigenvalue weighted by Gasteiger charge is -2.09. The van der Waals surface area contributed by atoms with E-state index < -0.39 is 10.0 Å². The Bertz CT molecular complexity index is 887. The Morgan fingerprint density at radius 1 is 1.20 bits per heavy atom. The summed E-state index contributed by atoms with van der Waals surface area (Å²) in [6.07, 6.45) is 2.19. The Balaban J connectivity index is 1.62. The number of hydrogen-bond donors (Lipinski definition) is 1. The molecule has 1 heterocycles. The second kappa shape index (κ2) is 7.37. The first-order chi connectivity index (χ1) is 12.0. The molecule has 25 heavy (non-hydrogen) atoms. The Morgan fingerprint density at radius 2 is 1.92 bits per heavy atom. The molecule has 0 amide bonds. The molecule has 0 unspecified atom stereocenters. The van der Waals surface area contributed by atoms with Gasteiger partial charge in [-0.1, -0.05) is 0 Å². The Kier molecular flexibility index (Phi) is 5.19. The number of rotatable bonds is 8. The molecular formula is C17H21N3O4S. The minimum atomic E-state index is -3.64. The molecule has 8 heteroatoms. The van der Waals surface area contributed by atoms with Crippen molar-refractivity contribution < 1.29 is 13.2 Å². The van der Waals surface area contributed by atoms with E-state index in [1.165, 1.54) is 22.9 Å². The van der Waals surface area contributed by atoms with Crippen LogP contribution in [0.15, 0.2) is 46.1 Å². The zero-order valence-electron chi connectivity index (χ0n) is 14.0. The predicted octanol–water partition coefficient (Wildman–Crippen LogP) is 1.50. The third-order valence-electron chi connectivity index (χ3n) is 3.94. The number of sulfonamides is 1. The maximum absolute atomic E-state index is 12.3. The number of hydrogen-bond acceptors (Lipinski definition) is 5. The number of nitrogens with one attached hydrogen (secondary N) is 1. The van der Waals surface area contributed by atoms with Gasteiger partial charge >= 0.3 is 0 Å². The molecule has 1 aromatic heterocycles. The molecule has 0 spiro atoms. The first-order valence-corrected chi connectivity index (χ1v) is 9.78. The lowest BCUT2D eigenvalue weighted by molar-refractivity contribution is 0.340. The van der Waals surface area contributed by atoms with Crippen LogP contribution in [0.2, 0.25) is 0 Å². The topological polar surface area (TPSA) is 90.3 Å². The molecule has 0 radical (unpaired) electrons. The quantitative estimate of drug-likeness (QED) is 0.767. The molecule has 1 aliphatic carbocycles. The van der Waals surface area contributed by atoms with Gasteiger partial charge in [-0.15, -0.1) is 0 Å². The molecule has 0 aliphatic heterocycles. The van der Waals surface area contributed by atoms with Crippen LogP contribution in [0.1, 0.15) is 31.4 Å². The second-order valence-electron chi connectivity index (χ2n) is 5.90. The first kappa shape index (κ1) is 17.6. The van der Waals surface area contributed by atoms with Crippen molar-refractivity contribution >= 4 is 10.0 Å². The number of aromatic nitrogens is 2. The number of ether oxygens (including phenoxy) is 1. The van der Waals surface area contributed by atoms with Crippen molar-refractivity contribution in [3.8, 4) is 5.75 Å². The highest BCUT2D eigenvalue weighted by Crippen LogP contribution is 2.38. The molecule has 0 atom stereocenters. The summed E-state index contributed by atoms with van der Waals surface area (Å²) in [4.78, 5) is 12.0. The first-order valence-electron chi connectivity index (χ1n) is 8.30. The van der Waals surface area contributed by atoms with Gasteiger partial charge in [-0.25, -0.2) is 17.8 Å². The van der Waals surface area contributed by atoms with Crippen LogP contribution < -0.4 is 15.0 Å². The highest BCUT2D eigenvalue weighted by Gasteiger charge is 2.25. The maximum Gasteiger partial charge on any atom is 0.266 e. The van der Waals surface area contributed by atoms with Crippen LogP contribution >= 0.6 is 0 Å². The molecule has 1 N–H and O–H groups in total. The van der Waals surface area contributed by atoms with E-state index in [0.717, 1.165) is 18.5 Å². The zero-order valence-corrected chi connectivity index (χ0v) is 14.8. The molecule has 7 nitrogen and oxygen atoms in total. The fourth-order valence-electron chi connectivity index (χ4n) is 2.47. The summed E-state index contributed by atoms with van der Waals surface area (Å²) < 4.78 is 33.7. The van der Waals surface area contributed by atoms with Crippen LogP contribution in [0.3, 0.4) is 0 Å². The van der Waals surface area contributed by atoms with E-state index in [9.17, 15) is 13.2 Å². The summed E-state index contributed by atoms with van der Waals surface area (Å²) in [6.45, 7) is 2.67. The Hall–Kier alpha value is -2.19. The van der Waals surface area contributed by atoms with Crippen LogP contribution in [-0.4, -0.2) is 31.3 Å². The van der Waals surface area contributed by atoms with Gasteiger partial charge in [-0.05, 0) is 50.1 Å². The smallest absolute Gasteiger partial charge is 0.266 e. The molecule has 3 rings (SSSR count). The van der Waals surface area contributed by atoms with Crippen molar-refractivity contribution in [1.82, 2.24) is 14.5 Å². The van der Waals surface area contributed by atoms with Gasteiger partial charge in [0.1, 0.15) is 5.75 Å². The van der Waals surface area contributed by atoms with Gasteiger partial charge in [0, 0.05) is 18.5 Å². The largest absolute Gasteiger partial charge is 0.494 e. The maximum atomic E-state index is 12.3. The molecule has 134 valence electrons. The van der Waals surface area contributed by atoms with Crippen molar-refractivity contribution in [3.05, 3.63) is 52.4 Å². The Morgan fingerprint density at radius 3 is 2.56 bits per heavy atom. The molecule has 1 aliphatic rings. The summed E-state index contributed by atoms with van der Waals surface area (Å²) in [5.74, 6) is 1.06. The van der Waals surface area contributed by atoms with E-state index in [1.54, 1.807) is 18.2 Å². The van der Waals surface area contributed by atoms with Gasteiger partial charge in [-0.3, -0.25) is 4.79 Å². The molecular weight excluding hydrogens is 342 g/mol. The summed E-state index contributed by atoms with van der Waals surface area (Å²) >= 11 is 0. The van der Waals surface area contributed by atoms with Gasteiger partial charge in [-0.2, -0.15) is 5.10 Å². The average molecular weight is 363 g/mol. The van der Waals surface area contributed by atoms with Crippen molar-refractivity contribution in [2.24, 2.45) is 0 Å². The Labute approximate surface area is 146 Å². The van der Waals surface area contributed by atoms with Crippen molar-refractivity contribution in [3.63, 3.8) is 0 Å². The van der Waals surface area contributed by atoms with E-state index in [-0.39, 0.29) is 23.5 Å². The number of benzene rings is 1. The van der Waals surface area contributed by atoms with Crippen molar-refractivity contribution in [2.45, 2.75) is 37.1 Å². The average Bonchev–Trinajstić information content (AvgIpc) is 3.42. The van der Waals surface area contributed by atoms with E-state index >= 15 is 0 Å². The van der Waals surface area contributed by atoms with Gasteiger partial charge in [0.05, 0.1) is 23.7 Å². The number of nitrogens with zero attached hydrogens (tertiary/aromatic N) is 2. The van der Waals surface area contributed by atoms with Gasteiger partial charge < -0.3 is 4.74 Å². The highest BCUT2D eigenvalue weighted by molar-refractivity contribution is 7.89. The lowest BCUT2D eigenvalue weighted by atomic mass is 10.3. The normalized spacial score (nSPS) is 14.4. The summed E-state index contributed by atoms with van der Waals surface area (Å²) in [5.41, 5.74) is 0.665. The third kappa shape index (κ3) is 4.46. The minimum Gasteiger partial charge on any atom is -0.494 e. The van der Waals surface area contributed by atoms with Gasteiger partial charge in [0.2, 0.25) is 10.0 Å². The highest BCUT2D eigenvalue weighted by atomic mass is 32.2. The molecule has 1 saturated carbocycles. The third-order valence-corrected chi connectivity index (χ3v) is 5.42. The van der Waals surface area contributed by atoms with E-state index in [1.807, 2.05) is 6.92 Å². The summed E-state index contributed by atoms with van der Waals surface area (Å²) in [7, 11) is -3.64. The fourth-order valence-corrected chi connectivity index (χ4v) is 3.49. The van der Waals surface area contributed by atoms with Crippen LogP contribution in [0.5, 0.6) is 5.75 Å². The summed E-state index contributed by atoms with van der Waals surface area (Å²) in [5, 5.41) is 4.31. The molecule has 2 aromatic rings. The molecule has 0 bridgehead atoms. The SMILES string of the molecule is CCOc1ccc(S(=O)(=O)NCCn2nc(C3CC3)ccc2=O)cc1. The molecule has 1 fully saturated rings. The van der Waals surface area contributed by atoms with Crippen LogP contribution in [0, 0.1) is 0 Å². The van der Waals surface area contributed by atoms with Crippen LogP contribution in [-0.2, 0) is 16.6 Å². The van der Waals surface area contributed by atoms with E-state index in [2.05, 4.69) is 9.82 Å². The van der Waals surface area contributed by atoms with Crippen LogP contribution in [0.25, 0.3) is 0 Å². The zero-order chi connectivity index (χ0) is 17.9. The summed E-state index contributed by atoms with van der Waals surface area (Å²) in [6, 6.07) is 9.45.